The van der Waals surface area contributed by atoms with Crippen LogP contribution in [0.3, 0.4) is 0 Å². The van der Waals surface area contributed by atoms with E-state index in [0.29, 0.717) is 17.6 Å². The van der Waals surface area contributed by atoms with E-state index in [0.717, 1.165) is 11.8 Å². The molecule has 1 heteroatoms. The Kier molecular flexibility index (Phi) is 4.22. The summed E-state index contributed by atoms with van der Waals surface area (Å²) >= 11 is 0. The summed E-state index contributed by atoms with van der Waals surface area (Å²) in [4.78, 5) is 0. The predicted molar refractivity (Wildman–Crippen MR) is 66.0 cm³/mol. The molecule has 15 heavy (non-hydrogen) atoms. The van der Waals surface area contributed by atoms with Gasteiger partial charge in [-0.2, -0.15) is 0 Å². The fourth-order valence-electron chi connectivity index (χ4n) is 2.82. The largest absolute Gasteiger partial charge is 0.375 e. The van der Waals surface area contributed by atoms with Crippen LogP contribution >= 0.6 is 0 Å². The molecular formula is C14H28O. The van der Waals surface area contributed by atoms with Gasteiger partial charge in [-0.1, -0.05) is 34.1 Å². The summed E-state index contributed by atoms with van der Waals surface area (Å²) in [5.41, 5.74) is 0.389. The van der Waals surface area contributed by atoms with Crippen molar-refractivity contribution in [2.45, 2.75) is 73.0 Å². The summed E-state index contributed by atoms with van der Waals surface area (Å²) in [6.07, 6.45) is 4.81. The highest BCUT2D eigenvalue weighted by atomic mass is 16.5. The van der Waals surface area contributed by atoms with E-state index < -0.39 is 0 Å². The van der Waals surface area contributed by atoms with Crippen molar-refractivity contribution >= 4 is 0 Å². The predicted octanol–water partition coefficient (Wildman–Crippen LogP) is 4.26. The Hall–Kier alpha value is -0.0400. The van der Waals surface area contributed by atoms with E-state index in [1.165, 1.54) is 19.3 Å². The highest BCUT2D eigenvalue weighted by Gasteiger charge is 2.37. The van der Waals surface area contributed by atoms with Crippen molar-refractivity contribution < 1.29 is 4.74 Å². The second-order valence-electron chi connectivity index (χ2n) is 6.61. The average Bonchev–Trinajstić information content (AvgIpc) is 1.99. The summed E-state index contributed by atoms with van der Waals surface area (Å²) in [5.74, 6) is 1.57. The van der Waals surface area contributed by atoms with Crippen LogP contribution in [-0.4, -0.2) is 12.2 Å². The molecule has 0 aliphatic heterocycles. The molecule has 0 saturated heterocycles. The molecule has 0 aromatic rings. The Labute approximate surface area is 95.6 Å². The van der Waals surface area contributed by atoms with Crippen molar-refractivity contribution in [3.63, 3.8) is 0 Å². The molecule has 1 nitrogen and oxygen atoms in total. The number of rotatable bonds is 2. The average molecular weight is 212 g/mol. The van der Waals surface area contributed by atoms with Crippen LogP contribution in [0, 0.1) is 17.3 Å². The van der Waals surface area contributed by atoms with Gasteiger partial charge in [0.2, 0.25) is 0 Å². The van der Waals surface area contributed by atoms with Crippen molar-refractivity contribution in [1.29, 1.82) is 0 Å². The maximum atomic E-state index is 6.10. The van der Waals surface area contributed by atoms with Crippen LogP contribution < -0.4 is 0 Å². The molecule has 0 N–H and O–H groups in total. The highest BCUT2D eigenvalue weighted by molar-refractivity contribution is 4.87. The molecule has 1 aliphatic rings. The van der Waals surface area contributed by atoms with Gasteiger partial charge in [-0.25, -0.2) is 0 Å². The van der Waals surface area contributed by atoms with E-state index in [1.54, 1.807) is 0 Å². The van der Waals surface area contributed by atoms with Gasteiger partial charge in [0.05, 0.1) is 12.2 Å². The molecule has 0 unspecified atom stereocenters. The SMILES string of the molecule is CC(C)O[C@@H]1C[C@H](C)CC[C@H]1C(C)(C)C. The summed E-state index contributed by atoms with van der Waals surface area (Å²) < 4.78 is 6.10. The minimum atomic E-state index is 0.366. The molecule has 0 spiro atoms. The van der Waals surface area contributed by atoms with E-state index >= 15 is 0 Å². The lowest BCUT2D eigenvalue weighted by Crippen LogP contribution is -2.40. The monoisotopic (exact) mass is 212 g/mol. The van der Waals surface area contributed by atoms with Gasteiger partial charge >= 0.3 is 0 Å². The van der Waals surface area contributed by atoms with Crippen molar-refractivity contribution in [3.8, 4) is 0 Å². The van der Waals surface area contributed by atoms with Gasteiger partial charge in [0, 0.05) is 0 Å². The van der Waals surface area contributed by atoms with E-state index in [9.17, 15) is 0 Å². The van der Waals surface area contributed by atoms with Crippen LogP contribution in [0.4, 0.5) is 0 Å². The zero-order valence-electron chi connectivity index (χ0n) is 11.3. The smallest absolute Gasteiger partial charge is 0.0614 e. The number of hydrogen-bond donors (Lipinski definition) is 0. The van der Waals surface area contributed by atoms with Crippen LogP contribution in [0.1, 0.15) is 60.8 Å². The zero-order chi connectivity index (χ0) is 11.6. The molecule has 0 aromatic carbocycles. The maximum Gasteiger partial charge on any atom is 0.0614 e. The summed E-state index contributed by atoms with van der Waals surface area (Å²) in [7, 11) is 0. The Bertz CT molecular complexity index is 188. The first-order valence-corrected chi connectivity index (χ1v) is 6.46. The molecule has 3 atom stereocenters. The summed E-state index contributed by atoms with van der Waals surface area (Å²) in [5, 5.41) is 0. The summed E-state index contributed by atoms with van der Waals surface area (Å²) in [6, 6.07) is 0. The molecule has 0 bridgehead atoms. The molecule has 1 fully saturated rings. The molecule has 0 heterocycles. The zero-order valence-corrected chi connectivity index (χ0v) is 11.3. The Morgan fingerprint density at radius 2 is 1.73 bits per heavy atom. The molecule has 0 radical (unpaired) electrons. The van der Waals surface area contributed by atoms with Gasteiger partial charge in [-0.3, -0.25) is 0 Å². The third-order valence-corrected chi connectivity index (χ3v) is 3.61. The molecule has 0 amide bonds. The van der Waals surface area contributed by atoms with Crippen molar-refractivity contribution in [1.82, 2.24) is 0 Å². The van der Waals surface area contributed by atoms with Crippen LogP contribution in [-0.2, 0) is 4.74 Å². The first-order valence-electron chi connectivity index (χ1n) is 6.46. The topological polar surface area (TPSA) is 9.23 Å². The molecule has 0 aromatic heterocycles. The van der Waals surface area contributed by atoms with E-state index in [2.05, 4.69) is 41.5 Å². The second kappa shape index (κ2) is 4.86. The molecular weight excluding hydrogens is 184 g/mol. The normalized spacial score (nSPS) is 33.4. The van der Waals surface area contributed by atoms with Gasteiger partial charge < -0.3 is 4.74 Å². The van der Waals surface area contributed by atoms with E-state index in [4.69, 9.17) is 4.74 Å². The first-order chi connectivity index (χ1) is 6.80. The lowest BCUT2D eigenvalue weighted by molar-refractivity contribution is -0.0844. The van der Waals surface area contributed by atoms with Gasteiger partial charge in [0.15, 0.2) is 0 Å². The van der Waals surface area contributed by atoms with Crippen molar-refractivity contribution in [2.24, 2.45) is 17.3 Å². The maximum absolute atomic E-state index is 6.10. The Morgan fingerprint density at radius 3 is 2.20 bits per heavy atom. The minimum absolute atomic E-state index is 0.366. The first kappa shape index (κ1) is 13.0. The third-order valence-electron chi connectivity index (χ3n) is 3.61. The van der Waals surface area contributed by atoms with Crippen molar-refractivity contribution in [2.75, 3.05) is 0 Å². The number of hydrogen-bond acceptors (Lipinski definition) is 1. The quantitative estimate of drug-likeness (QED) is 0.664. The van der Waals surface area contributed by atoms with Gasteiger partial charge in [-0.15, -0.1) is 0 Å². The van der Waals surface area contributed by atoms with Gasteiger partial charge in [0.1, 0.15) is 0 Å². The van der Waals surface area contributed by atoms with E-state index in [1.807, 2.05) is 0 Å². The number of ether oxygens (including phenoxy) is 1. The molecule has 90 valence electrons. The Morgan fingerprint density at radius 1 is 1.13 bits per heavy atom. The second-order valence-corrected chi connectivity index (χ2v) is 6.61. The van der Waals surface area contributed by atoms with Gasteiger partial charge in [-0.05, 0) is 43.9 Å². The fraction of sp³-hybridized carbons (Fsp3) is 1.00. The van der Waals surface area contributed by atoms with Crippen LogP contribution in [0.25, 0.3) is 0 Å². The van der Waals surface area contributed by atoms with Crippen molar-refractivity contribution in [3.05, 3.63) is 0 Å². The lowest BCUT2D eigenvalue weighted by Gasteiger charge is -2.43. The molecule has 1 rings (SSSR count). The minimum Gasteiger partial charge on any atom is -0.375 e. The fourth-order valence-corrected chi connectivity index (χ4v) is 2.82. The molecule has 1 saturated carbocycles. The van der Waals surface area contributed by atoms with Crippen LogP contribution in [0.2, 0.25) is 0 Å². The standard InChI is InChI=1S/C14H28O/c1-10(2)15-13-9-11(3)7-8-12(13)14(4,5)6/h10-13H,7-9H2,1-6H3/t11-,12-,13-/m1/s1. The third kappa shape index (κ3) is 3.79. The van der Waals surface area contributed by atoms with Crippen LogP contribution in [0.15, 0.2) is 0 Å². The lowest BCUT2D eigenvalue weighted by atomic mass is 9.68. The Balaban J connectivity index is 2.66. The van der Waals surface area contributed by atoms with Gasteiger partial charge in [0.25, 0.3) is 0 Å². The molecule has 1 aliphatic carbocycles. The van der Waals surface area contributed by atoms with E-state index in [-0.39, 0.29) is 0 Å². The highest BCUT2D eigenvalue weighted by Crippen LogP contribution is 2.41. The summed E-state index contributed by atoms with van der Waals surface area (Å²) in [6.45, 7) is 13.7. The van der Waals surface area contributed by atoms with Crippen LogP contribution in [0.5, 0.6) is 0 Å².